The van der Waals surface area contributed by atoms with Gasteiger partial charge in [0.15, 0.2) is 0 Å². The monoisotopic (exact) mass is 448 g/mol. The number of hydrogen-bond acceptors (Lipinski definition) is 4. The van der Waals surface area contributed by atoms with Gasteiger partial charge in [-0.1, -0.05) is 0 Å². The van der Waals surface area contributed by atoms with Crippen LogP contribution in [0.5, 0.6) is 0 Å². The minimum Gasteiger partial charge on any atom is -0.385 e. The van der Waals surface area contributed by atoms with Crippen LogP contribution in [0.2, 0.25) is 0 Å². The van der Waals surface area contributed by atoms with E-state index in [1.54, 1.807) is 49.6 Å². The second kappa shape index (κ2) is 10.1. The number of carbonyl (C=O) groups excluding carboxylic acids is 1. The molecule has 33 heavy (non-hydrogen) atoms. The van der Waals surface area contributed by atoms with Crippen LogP contribution in [0.3, 0.4) is 0 Å². The minimum atomic E-state index is -0.362. The first-order valence-corrected chi connectivity index (χ1v) is 10.4. The highest BCUT2D eigenvalue weighted by Gasteiger charge is 2.14. The van der Waals surface area contributed by atoms with E-state index in [-0.39, 0.29) is 17.7 Å². The fraction of sp³-hybridized carbons (Fsp3) is 0.160. The van der Waals surface area contributed by atoms with Gasteiger partial charge in [-0.25, -0.2) is 23.5 Å². The molecule has 2 amide bonds. The molecule has 0 unspecified atom stereocenters. The van der Waals surface area contributed by atoms with Crippen molar-refractivity contribution in [1.82, 2.24) is 15.3 Å². The normalized spacial score (nSPS) is 10.9. The molecule has 1 aromatic heterocycles. The number of carbonyl (C=O) groups is 1. The fourth-order valence-corrected chi connectivity index (χ4v) is 3.34. The molecule has 0 aliphatic rings. The Balaban J connectivity index is 1.70. The molecule has 0 saturated carbocycles. The highest BCUT2D eigenvalue weighted by Crippen LogP contribution is 2.32. The van der Waals surface area contributed by atoms with Crippen molar-refractivity contribution >= 4 is 22.8 Å². The summed E-state index contributed by atoms with van der Waals surface area (Å²) >= 11 is 0. The molecule has 2 N–H and O–H groups in total. The predicted molar refractivity (Wildman–Crippen MR) is 124 cm³/mol. The van der Waals surface area contributed by atoms with E-state index in [4.69, 9.17) is 14.7 Å². The topological polar surface area (TPSA) is 76.1 Å². The van der Waals surface area contributed by atoms with Gasteiger partial charge in [0.1, 0.15) is 11.6 Å². The molecule has 0 fully saturated rings. The molecule has 0 saturated heterocycles. The number of fused-ring (bicyclic) bond motifs is 1. The number of benzene rings is 3. The number of methoxy groups -OCH3 is 1. The van der Waals surface area contributed by atoms with Crippen LogP contribution in [-0.4, -0.2) is 36.3 Å². The van der Waals surface area contributed by atoms with Gasteiger partial charge in [0.05, 0.1) is 22.4 Å². The molecule has 8 heteroatoms. The zero-order valence-electron chi connectivity index (χ0n) is 17.9. The zero-order chi connectivity index (χ0) is 23.2. The van der Waals surface area contributed by atoms with Gasteiger partial charge in [0.2, 0.25) is 0 Å². The van der Waals surface area contributed by atoms with Crippen molar-refractivity contribution in [2.24, 2.45) is 0 Å². The molecule has 0 bridgehead atoms. The number of amides is 2. The molecule has 4 aromatic rings. The quantitative estimate of drug-likeness (QED) is 0.371. The molecule has 1 heterocycles. The highest BCUT2D eigenvalue weighted by molar-refractivity contribution is 5.93. The molecule has 0 atom stereocenters. The maximum absolute atomic E-state index is 13.5. The number of urea groups is 1. The minimum absolute atomic E-state index is 0.333. The standard InChI is InChI=1S/C25H22F2N4O2/c1-33-14-2-13-28-25(32)29-20-11-12-21-22(15-20)31-24(17-5-9-19(27)10-6-17)23(30-21)16-3-7-18(26)8-4-16/h3-12,15H,2,13-14H2,1H3,(H2,28,29,32). The second-order valence-electron chi connectivity index (χ2n) is 7.37. The van der Waals surface area contributed by atoms with E-state index in [1.165, 1.54) is 24.3 Å². The van der Waals surface area contributed by atoms with Crippen LogP contribution in [0.4, 0.5) is 19.3 Å². The number of rotatable bonds is 7. The van der Waals surface area contributed by atoms with E-state index in [0.29, 0.717) is 58.8 Å². The van der Waals surface area contributed by atoms with Crippen LogP contribution in [-0.2, 0) is 4.74 Å². The molecule has 0 aliphatic carbocycles. The van der Waals surface area contributed by atoms with Crippen LogP contribution >= 0.6 is 0 Å². The average Bonchev–Trinajstić information content (AvgIpc) is 2.82. The summed E-state index contributed by atoms with van der Waals surface area (Å²) in [6.45, 7) is 1.05. The van der Waals surface area contributed by atoms with Crippen molar-refractivity contribution in [2.75, 3.05) is 25.6 Å². The Morgan fingerprint density at radius 2 is 1.42 bits per heavy atom. The van der Waals surface area contributed by atoms with E-state index in [2.05, 4.69) is 10.6 Å². The van der Waals surface area contributed by atoms with Crippen molar-refractivity contribution in [3.8, 4) is 22.5 Å². The Kier molecular flexibility index (Phi) is 6.85. The first-order chi connectivity index (χ1) is 16.0. The van der Waals surface area contributed by atoms with Gasteiger partial charge in [-0.05, 0) is 73.2 Å². The highest BCUT2D eigenvalue weighted by atomic mass is 19.1. The average molecular weight is 448 g/mol. The van der Waals surface area contributed by atoms with Gasteiger partial charge in [-0.2, -0.15) is 0 Å². The Hall–Kier alpha value is -3.91. The fourth-order valence-electron chi connectivity index (χ4n) is 3.34. The van der Waals surface area contributed by atoms with E-state index in [9.17, 15) is 13.6 Å². The predicted octanol–water partition coefficient (Wildman–Crippen LogP) is 5.40. The third kappa shape index (κ3) is 5.48. The molecule has 0 aliphatic heterocycles. The van der Waals surface area contributed by atoms with Crippen LogP contribution in [0.25, 0.3) is 33.5 Å². The van der Waals surface area contributed by atoms with Gasteiger partial charge < -0.3 is 15.4 Å². The lowest BCUT2D eigenvalue weighted by atomic mass is 10.0. The third-order valence-corrected chi connectivity index (χ3v) is 4.97. The maximum Gasteiger partial charge on any atom is 0.319 e. The second-order valence-corrected chi connectivity index (χ2v) is 7.37. The summed E-state index contributed by atoms with van der Waals surface area (Å²) in [5.41, 5.74) is 4.13. The van der Waals surface area contributed by atoms with Crippen LogP contribution in [0.1, 0.15) is 6.42 Å². The Bertz CT molecular complexity index is 1260. The summed E-state index contributed by atoms with van der Waals surface area (Å²) in [6.07, 6.45) is 0.709. The Labute approximate surface area is 189 Å². The lowest BCUT2D eigenvalue weighted by Crippen LogP contribution is -2.30. The SMILES string of the molecule is COCCCNC(=O)Nc1ccc2nc(-c3ccc(F)cc3)c(-c3ccc(F)cc3)nc2c1. The van der Waals surface area contributed by atoms with Crippen LogP contribution < -0.4 is 10.6 Å². The van der Waals surface area contributed by atoms with Crippen LogP contribution in [0, 0.1) is 11.6 Å². The molecular formula is C25H22F2N4O2. The van der Waals surface area contributed by atoms with Crippen molar-refractivity contribution in [3.05, 3.63) is 78.4 Å². The van der Waals surface area contributed by atoms with Gasteiger partial charge >= 0.3 is 6.03 Å². The largest absolute Gasteiger partial charge is 0.385 e. The van der Waals surface area contributed by atoms with Crippen LogP contribution in [0.15, 0.2) is 66.7 Å². The number of anilines is 1. The summed E-state index contributed by atoms with van der Waals surface area (Å²) in [4.78, 5) is 21.6. The first kappa shape index (κ1) is 22.3. The van der Waals surface area contributed by atoms with Crippen molar-refractivity contribution in [2.45, 2.75) is 6.42 Å². The number of nitrogens with zero attached hydrogens (tertiary/aromatic N) is 2. The number of aromatic nitrogens is 2. The number of nitrogens with one attached hydrogen (secondary N) is 2. The van der Waals surface area contributed by atoms with Crippen molar-refractivity contribution in [1.29, 1.82) is 0 Å². The molecule has 3 aromatic carbocycles. The van der Waals surface area contributed by atoms with Crippen molar-refractivity contribution < 1.29 is 18.3 Å². The third-order valence-electron chi connectivity index (χ3n) is 4.97. The summed E-state index contributed by atoms with van der Waals surface area (Å²) < 4.78 is 31.9. The Morgan fingerprint density at radius 1 is 0.848 bits per heavy atom. The van der Waals surface area contributed by atoms with E-state index in [1.807, 2.05) is 0 Å². The van der Waals surface area contributed by atoms with Crippen molar-refractivity contribution in [3.63, 3.8) is 0 Å². The zero-order valence-corrected chi connectivity index (χ0v) is 17.9. The van der Waals surface area contributed by atoms with Gasteiger partial charge in [0, 0.05) is 37.1 Å². The summed E-state index contributed by atoms with van der Waals surface area (Å²) in [5.74, 6) is -0.717. The molecule has 6 nitrogen and oxygen atoms in total. The van der Waals surface area contributed by atoms with E-state index in [0.717, 1.165) is 0 Å². The van der Waals surface area contributed by atoms with E-state index >= 15 is 0 Å². The molecule has 4 rings (SSSR count). The number of halogens is 2. The summed E-state index contributed by atoms with van der Waals surface area (Å²) in [6, 6.07) is 16.8. The van der Waals surface area contributed by atoms with Gasteiger partial charge in [0.25, 0.3) is 0 Å². The molecular weight excluding hydrogens is 426 g/mol. The number of hydrogen-bond donors (Lipinski definition) is 2. The van der Waals surface area contributed by atoms with Gasteiger partial charge in [-0.15, -0.1) is 0 Å². The Morgan fingerprint density at radius 3 is 2.00 bits per heavy atom. The van der Waals surface area contributed by atoms with E-state index < -0.39 is 0 Å². The lowest BCUT2D eigenvalue weighted by Gasteiger charge is -2.12. The molecule has 0 radical (unpaired) electrons. The molecule has 168 valence electrons. The maximum atomic E-state index is 13.5. The summed E-state index contributed by atoms with van der Waals surface area (Å²) in [5, 5.41) is 5.54. The lowest BCUT2D eigenvalue weighted by molar-refractivity contribution is 0.194. The smallest absolute Gasteiger partial charge is 0.319 e. The number of ether oxygens (including phenoxy) is 1. The molecule has 0 spiro atoms. The summed E-state index contributed by atoms with van der Waals surface area (Å²) in [7, 11) is 1.61. The van der Waals surface area contributed by atoms with Gasteiger partial charge in [-0.3, -0.25) is 0 Å². The first-order valence-electron chi connectivity index (χ1n) is 10.4.